The number of hydrogen-bond acceptors (Lipinski definition) is 3. The molecule has 0 atom stereocenters. The first-order chi connectivity index (χ1) is 13.6. The van der Waals surface area contributed by atoms with Crippen molar-refractivity contribution in [2.75, 3.05) is 10.6 Å². The Kier molecular flexibility index (Phi) is 4.60. The first kappa shape index (κ1) is 17.5. The molecule has 2 N–H and O–H groups in total. The summed E-state index contributed by atoms with van der Waals surface area (Å²) in [7, 11) is 0. The van der Waals surface area contributed by atoms with Crippen LogP contribution in [0.4, 0.5) is 16.2 Å². The van der Waals surface area contributed by atoms with E-state index in [0.29, 0.717) is 33.8 Å². The summed E-state index contributed by atoms with van der Waals surface area (Å²) in [4.78, 5) is 29.5. The molecule has 4 rings (SSSR count). The standard InChI is InChI=1S/C22H18N4O2/c1-15-23-20-10-6-5-9-19(20)21(27)26(15)18-13-11-17(12-14-18)25-22(28)24-16-7-3-2-4-8-16/h2-14H,1H3,(H2,24,25,28). The molecule has 0 unspecified atom stereocenters. The largest absolute Gasteiger partial charge is 0.323 e. The quantitative estimate of drug-likeness (QED) is 0.563. The molecule has 28 heavy (non-hydrogen) atoms. The van der Waals surface area contributed by atoms with E-state index in [1.54, 1.807) is 41.8 Å². The van der Waals surface area contributed by atoms with Gasteiger partial charge in [-0.25, -0.2) is 9.78 Å². The molecule has 0 radical (unpaired) electrons. The second kappa shape index (κ2) is 7.36. The van der Waals surface area contributed by atoms with E-state index in [4.69, 9.17) is 0 Å². The molecule has 6 nitrogen and oxygen atoms in total. The fraction of sp³-hybridized carbons (Fsp3) is 0.0455. The van der Waals surface area contributed by atoms with Gasteiger partial charge in [-0.2, -0.15) is 0 Å². The van der Waals surface area contributed by atoms with E-state index in [-0.39, 0.29) is 11.6 Å². The number of nitrogens with one attached hydrogen (secondary N) is 2. The molecule has 0 fully saturated rings. The average Bonchev–Trinajstić information content (AvgIpc) is 2.70. The molecule has 1 aromatic heterocycles. The van der Waals surface area contributed by atoms with Crippen LogP contribution in [0.2, 0.25) is 0 Å². The maximum atomic E-state index is 12.9. The first-order valence-electron chi connectivity index (χ1n) is 8.84. The van der Waals surface area contributed by atoms with Gasteiger partial charge in [0.25, 0.3) is 5.56 Å². The SMILES string of the molecule is Cc1nc2ccccc2c(=O)n1-c1ccc(NC(=O)Nc2ccccc2)cc1. The molecule has 6 heteroatoms. The molecule has 0 bridgehead atoms. The van der Waals surface area contributed by atoms with Gasteiger partial charge in [-0.3, -0.25) is 9.36 Å². The number of fused-ring (bicyclic) bond motifs is 1. The number of carbonyl (C=O) groups is 1. The second-order valence-electron chi connectivity index (χ2n) is 6.31. The number of benzene rings is 3. The van der Waals surface area contributed by atoms with E-state index in [1.165, 1.54) is 0 Å². The maximum absolute atomic E-state index is 12.9. The summed E-state index contributed by atoms with van der Waals surface area (Å²) in [5, 5.41) is 6.10. The number of rotatable bonds is 3. The normalized spacial score (nSPS) is 10.6. The molecule has 3 aromatic carbocycles. The number of para-hydroxylation sites is 2. The van der Waals surface area contributed by atoms with E-state index in [1.807, 2.05) is 48.5 Å². The van der Waals surface area contributed by atoms with E-state index >= 15 is 0 Å². The summed E-state index contributed by atoms with van der Waals surface area (Å²) in [5.41, 5.74) is 2.58. The molecule has 0 saturated heterocycles. The minimum absolute atomic E-state index is 0.120. The zero-order valence-electron chi connectivity index (χ0n) is 15.2. The molecular weight excluding hydrogens is 352 g/mol. The molecule has 0 saturated carbocycles. The molecule has 1 heterocycles. The van der Waals surface area contributed by atoms with Crippen molar-refractivity contribution in [3.63, 3.8) is 0 Å². The van der Waals surface area contributed by atoms with Crippen LogP contribution in [0.3, 0.4) is 0 Å². The van der Waals surface area contributed by atoms with Crippen LogP contribution in [0, 0.1) is 6.92 Å². The van der Waals surface area contributed by atoms with Crippen molar-refractivity contribution >= 4 is 28.3 Å². The van der Waals surface area contributed by atoms with Gasteiger partial charge in [-0.15, -0.1) is 0 Å². The Labute approximate surface area is 161 Å². The maximum Gasteiger partial charge on any atom is 0.323 e. The van der Waals surface area contributed by atoms with Gasteiger partial charge in [0, 0.05) is 11.4 Å². The highest BCUT2D eigenvalue weighted by Gasteiger charge is 2.10. The van der Waals surface area contributed by atoms with Gasteiger partial charge in [-0.05, 0) is 55.5 Å². The fourth-order valence-corrected chi connectivity index (χ4v) is 3.06. The van der Waals surface area contributed by atoms with Crippen LogP contribution in [0.5, 0.6) is 0 Å². The second-order valence-corrected chi connectivity index (χ2v) is 6.31. The Bertz CT molecular complexity index is 1200. The van der Waals surface area contributed by atoms with Gasteiger partial charge in [0.15, 0.2) is 0 Å². The molecule has 2 amide bonds. The van der Waals surface area contributed by atoms with Gasteiger partial charge in [-0.1, -0.05) is 30.3 Å². The van der Waals surface area contributed by atoms with Crippen molar-refractivity contribution in [2.24, 2.45) is 0 Å². The highest BCUT2D eigenvalue weighted by atomic mass is 16.2. The van der Waals surface area contributed by atoms with Gasteiger partial charge in [0.05, 0.1) is 16.6 Å². The monoisotopic (exact) mass is 370 g/mol. The molecule has 0 spiro atoms. The van der Waals surface area contributed by atoms with Crippen LogP contribution < -0.4 is 16.2 Å². The number of hydrogen-bond donors (Lipinski definition) is 2. The molecular formula is C22H18N4O2. The number of anilines is 2. The average molecular weight is 370 g/mol. The van der Waals surface area contributed by atoms with Crippen molar-refractivity contribution in [1.82, 2.24) is 9.55 Å². The summed E-state index contributed by atoms with van der Waals surface area (Å²) in [6.07, 6.45) is 0. The predicted molar refractivity (Wildman–Crippen MR) is 111 cm³/mol. The lowest BCUT2D eigenvalue weighted by Crippen LogP contribution is -2.22. The summed E-state index contributed by atoms with van der Waals surface area (Å²) >= 11 is 0. The predicted octanol–water partition coefficient (Wildman–Crippen LogP) is 4.34. The summed E-state index contributed by atoms with van der Waals surface area (Å²) in [6.45, 7) is 1.80. The number of aryl methyl sites for hydroxylation is 1. The molecule has 138 valence electrons. The van der Waals surface area contributed by atoms with Gasteiger partial charge in [0.1, 0.15) is 5.82 Å². The minimum Gasteiger partial charge on any atom is -0.308 e. The van der Waals surface area contributed by atoms with Gasteiger partial charge < -0.3 is 10.6 Å². The third-order valence-corrected chi connectivity index (χ3v) is 4.36. The molecule has 0 aliphatic heterocycles. The van der Waals surface area contributed by atoms with Gasteiger partial charge >= 0.3 is 6.03 Å². The van der Waals surface area contributed by atoms with Crippen LogP contribution >= 0.6 is 0 Å². The molecule has 0 aliphatic carbocycles. The third kappa shape index (κ3) is 3.48. The topological polar surface area (TPSA) is 76.0 Å². The number of amides is 2. The Hall–Kier alpha value is -3.93. The van der Waals surface area contributed by atoms with Crippen LogP contribution in [-0.4, -0.2) is 15.6 Å². The van der Waals surface area contributed by atoms with E-state index in [0.717, 1.165) is 0 Å². The number of aromatic nitrogens is 2. The minimum atomic E-state index is -0.334. The number of urea groups is 1. The Morgan fingerprint density at radius 3 is 2.14 bits per heavy atom. The smallest absolute Gasteiger partial charge is 0.308 e. The van der Waals surface area contributed by atoms with Crippen LogP contribution in [0.15, 0.2) is 83.7 Å². The van der Waals surface area contributed by atoms with E-state index < -0.39 is 0 Å². The Morgan fingerprint density at radius 1 is 0.821 bits per heavy atom. The van der Waals surface area contributed by atoms with Crippen molar-refractivity contribution in [3.05, 3.63) is 95.0 Å². The molecule has 4 aromatic rings. The van der Waals surface area contributed by atoms with Crippen molar-refractivity contribution < 1.29 is 4.79 Å². The lowest BCUT2D eigenvalue weighted by Gasteiger charge is -2.12. The van der Waals surface area contributed by atoms with Gasteiger partial charge in [0.2, 0.25) is 0 Å². The summed E-state index contributed by atoms with van der Waals surface area (Å²) in [6, 6.07) is 23.2. The van der Waals surface area contributed by atoms with Crippen LogP contribution in [-0.2, 0) is 0 Å². The van der Waals surface area contributed by atoms with Crippen molar-refractivity contribution in [1.29, 1.82) is 0 Å². The Morgan fingerprint density at radius 2 is 1.43 bits per heavy atom. The number of nitrogens with zero attached hydrogens (tertiary/aromatic N) is 2. The number of carbonyl (C=O) groups excluding carboxylic acids is 1. The molecule has 0 aliphatic rings. The van der Waals surface area contributed by atoms with Crippen LogP contribution in [0.1, 0.15) is 5.82 Å². The van der Waals surface area contributed by atoms with E-state index in [9.17, 15) is 9.59 Å². The van der Waals surface area contributed by atoms with E-state index in [2.05, 4.69) is 15.6 Å². The summed E-state index contributed by atoms with van der Waals surface area (Å²) in [5.74, 6) is 0.603. The lowest BCUT2D eigenvalue weighted by molar-refractivity contribution is 0.262. The lowest BCUT2D eigenvalue weighted by atomic mass is 10.2. The highest BCUT2D eigenvalue weighted by Crippen LogP contribution is 2.16. The third-order valence-electron chi connectivity index (χ3n) is 4.36. The van der Waals surface area contributed by atoms with Crippen molar-refractivity contribution in [3.8, 4) is 5.69 Å². The van der Waals surface area contributed by atoms with Crippen LogP contribution in [0.25, 0.3) is 16.6 Å². The first-order valence-corrected chi connectivity index (χ1v) is 8.84. The zero-order valence-corrected chi connectivity index (χ0v) is 15.2. The Balaban J connectivity index is 1.58. The summed E-state index contributed by atoms with van der Waals surface area (Å²) < 4.78 is 1.57. The van der Waals surface area contributed by atoms with Crippen molar-refractivity contribution in [2.45, 2.75) is 6.92 Å². The zero-order chi connectivity index (χ0) is 19.5. The fourth-order valence-electron chi connectivity index (χ4n) is 3.06. The highest BCUT2D eigenvalue weighted by molar-refractivity contribution is 5.99.